The third kappa shape index (κ3) is 4.82. The second-order valence-corrected chi connectivity index (χ2v) is 5.37. The van der Waals surface area contributed by atoms with Gasteiger partial charge in [0.05, 0.1) is 11.3 Å². The Morgan fingerprint density at radius 2 is 1.64 bits per heavy atom. The van der Waals surface area contributed by atoms with Crippen molar-refractivity contribution in [3.63, 3.8) is 0 Å². The molecule has 0 aliphatic carbocycles. The van der Waals surface area contributed by atoms with Gasteiger partial charge in [0, 0.05) is 5.56 Å². The molecule has 2 aromatic rings. The van der Waals surface area contributed by atoms with Crippen LogP contribution in [0.3, 0.4) is 0 Å². The molecule has 0 saturated heterocycles. The van der Waals surface area contributed by atoms with Crippen LogP contribution in [0.15, 0.2) is 48.5 Å². The molecular formula is C18H16F3NO3. The van der Waals surface area contributed by atoms with Crippen LogP contribution in [0.4, 0.5) is 18.9 Å². The predicted octanol–water partition coefficient (Wildman–Crippen LogP) is 4.31. The fraction of sp³-hybridized carbons (Fsp3) is 0.222. The van der Waals surface area contributed by atoms with Crippen LogP contribution < -0.4 is 10.1 Å². The van der Waals surface area contributed by atoms with Gasteiger partial charge in [-0.1, -0.05) is 12.1 Å². The number of halogens is 3. The van der Waals surface area contributed by atoms with Crippen LogP contribution in [0, 0.1) is 0 Å². The molecule has 0 spiro atoms. The highest BCUT2D eigenvalue weighted by atomic mass is 19.4. The Labute approximate surface area is 142 Å². The van der Waals surface area contributed by atoms with E-state index in [2.05, 4.69) is 5.32 Å². The normalized spacial score (nSPS) is 12.4. The minimum absolute atomic E-state index is 0.110. The fourth-order valence-electron chi connectivity index (χ4n) is 2.10. The number of nitrogens with one attached hydrogen (secondary N) is 1. The van der Waals surface area contributed by atoms with Gasteiger partial charge in [-0.05, 0) is 50.2 Å². The van der Waals surface area contributed by atoms with Crippen molar-refractivity contribution in [3.05, 3.63) is 59.7 Å². The lowest BCUT2D eigenvalue weighted by atomic mass is 10.1. The molecule has 0 fully saturated rings. The van der Waals surface area contributed by atoms with Crippen LogP contribution in [0.1, 0.15) is 29.8 Å². The fourth-order valence-corrected chi connectivity index (χ4v) is 2.10. The highest BCUT2D eigenvalue weighted by molar-refractivity contribution is 5.95. The van der Waals surface area contributed by atoms with Crippen molar-refractivity contribution in [1.82, 2.24) is 0 Å². The van der Waals surface area contributed by atoms with Gasteiger partial charge in [0.1, 0.15) is 5.75 Å². The summed E-state index contributed by atoms with van der Waals surface area (Å²) in [5, 5.41) is 2.23. The molecule has 0 aliphatic heterocycles. The third-order valence-corrected chi connectivity index (χ3v) is 3.43. The molecule has 2 rings (SSSR count). The molecule has 0 aliphatic rings. The van der Waals surface area contributed by atoms with E-state index >= 15 is 0 Å². The van der Waals surface area contributed by atoms with Gasteiger partial charge in [-0.2, -0.15) is 13.2 Å². The minimum Gasteiger partial charge on any atom is -0.481 e. The molecule has 132 valence electrons. The van der Waals surface area contributed by atoms with Crippen LogP contribution in [-0.2, 0) is 11.0 Å². The summed E-state index contributed by atoms with van der Waals surface area (Å²) in [4.78, 5) is 23.3. The Morgan fingerprint density at radius 1 is 1.04 bits per heavy atom. The lowest BCUT2D eigenvalue weighted by Crippen LogP contribution is -2.31. The zero-order valence-electron chi connectivity index (χ0n) is 13.6. The van der Waals surface area contributed by atoms with E-state index in [1.165, 1.54) is 44.2 Å². The Bertz CT molecular complexity index is 770. The number of ether oxygens (including phenoxy) is 1. The first-order valence-corrected chi connectivity index (χ1v) is 7.43. The molecule has 25 heavy (non-hydrogen) atoms. The molecule has 1 atom stereocenters. The van der Waals surface area contributed by atoms with Crippen LogP contribution >= 0.6 is 0 Å². The predicted molar refractivity (Wildman–Crippen MR) is 86.6 cm³/mol. The highest BCUT2D eigenvalue weighted by Crippen LogP contribution is 2.34. The average molecular weight is 351 g/mol. The number of anilines is 1. The molecule has 0 bridgehead atoms. The number of hydrogen-bond donors (Lipinski definition) is 1. The quantitative estimate of drug-likeness (QED) is 0.817. The number of para-hydroxylation sites is 1. The van der Waals surface area contributed by atoms with E-state index in [0.717, 1.165) is 6.07 Å². The van der Waals surface area contributed by atoms with Crippen molar-refractivity contribution in [1.29, 1.82) is 0 Å². The maximum absolute atomic E-state index is 12.9. The molecule has 4 nitrogen and oxygen atoms in total. The summed E-state index contributed by atoms with van der Waals surface area (Å²) in [6, 6.07) is 10.8. The van der Waals surface area contributed by atoms with E-state index in [-0.39, 0.29) is 11.5 Å². The van der Waals surface area contributed by atoms with E-state index in [0.29, 0.717) is 11.3 Å². The van der Waals surface area contributed by atoms with Crippen LogP contribution in [0.5, 0.6) is 5.75 Å². The molecule has 0 saturated carbocycles. The van der Waals surface area contributed by atoms with E-state index in [4.69, 9.17) is 4.74 Å². The van der Waals surface area contributed by atoms with Crippen LogP contribution in [-0.4, -0.2) is 17.8 Å². The maximum atomic E-state index is 12.9. The summed E-state index contributed by atoms with van der Waals surface area (Å²) in [5.41, 5.74) is -0.771. The van der Waals surface area contributed by atoms with Gasteiger partial charge in [0.25, 0.3) is 5.91 Å². The third-order valence-electron chi connectivity index (χ3n) is 3.43. The topological polar surface area (TPSA) is 55.4 Å². The van der Waals surface area contributed by atoms with Gasteiger partial charge in [0.15, 0.2) is 11.9 Å². The molecule has 7 heteroatoms. The molecule has 0 heterocycles. The number of alkyl halides is 3. The van der Waals surface area contributed by atoms with E-state index < -0.39 is 23.8 Å². The molecule has 0 radical (unpaired) electrons. The van der Waals surface area contributed by atoms with E-state index in [9.17, 15) is 22.8 Å². The Hall–Kier alpha value is -2.83. The van der Waals surface area contributed by atoms with Gasteiger partial charge in [-0.3, -0.25) is 9.59 Å². The number of ketones is 1. The SMILES string of the molecule is CC(=O)c1ccc(O[C@@H](C)C(=O)Nc2ccccc2C(F)(F)F)cc1. The molecule has 1 N–H and O–H groups in total. The summed E-state index contributed by atoms with van der Waals surface area (Å²) >= 11 is 0. The summed E-state index contributed by atoms with van der Waals surface area (Å²) in [5.74, 6) is -0.495. The van der Waals surface area contributed by atoms with Crippen molar-refractivity contribution in [3.8, 4) is 5.75 Å². The number of amides is 1. The zero-order valence-corrected chi connectivity index (χ0v) is 13.6. The molecular weight excluding hydrogens is 335 g/mol. The second kappa shape index (κ2) is 7.38. The second-order valence-electron chi connectivity index (χ2n) is 5.37. The lowest BCUT2D eigenvalue weighted by Gasteiger charge is -2.17. The highest BCUT2D eigenvalue weighted by Gasteiger charge is 2.34. The number of carbonyl (C=O) groups is 2. The minimum atomic E-state index is -4.57. The summed E-state index contributed by atoms with van der Waals surface area (Å²) in [6.07, 6.45) is -5.60. The van der Waals surface area contributed by atoms with Gasteiger partial charge in [-0.25, -0.2) is 0 Å². The smallest absolute Gasteiger partial charge is 0.418 e. The van der Waals surface area contributed by atoms with Crippen LogP contribution in [0.2, 0.25) is 0 Å². The number of rotatable bonds is 5. The van der Waals surface area contributed by atoms with Crippen molar-refractivity contribution in [2.24, 2.45) is 0 Å². The van der Waals surface area contributed by atoms with Crippen molar-refractivity contribution >= 4 is 17.4 Å². The number of benzene rings is 2. The number of Topliss-reactive ketones (excluding diaryl/α,β-unsaturated/α-hetero) is 1. The molecule has 1 amide bonds. The monoisotopic (exact) mass is 351 g/mol. The number of carbonyl (C=O) groups excluding carboxylic acids is 2. The maximum Gasteiger partial charge on any atom is 0.418 e. The largest absolute Gasteiger partial charge is 0.481 e. The van der Waals surface area contributed by atoms with Crippen molar-refractivity contribution in [2.45, 2.75) is 26.1 Å². The van der Waals surface area contributed by atoms with Gasteiger partial charge >= 0.3 is 6.18 Å². The Balaban J connectivity index is 2.07. The van der Waals surface area contributed by atoms with E-state index in [1.54, 1.807) is 12.1 Å². The summed E-state index contributed by atoms with van der Waals surface area (Å²) in [7, 11) is 0. The van der Waals surface area contributed by atoms with Gasteiger partial charge in [0.2, 0.25) is 0 Å². The molecule has 2 aromatic carbocycles. The lowest BCUT2D eigenvalue weighted by molar-refractivity contribution is -0.137. The summed E-state index contributed by atoms with van der Waals surface area (Å²) in [6.45, 7) is 2.84. The van der Waals surface area contributed by atoms with Gasteiger partial charge < -0.3 is 10.1 Å². The number of hydrogen-bond acceptors (Lipinski definition) is 3. The van der Waals surface area contributed by atoms with Crippen LogP contribution in [0.25, 0.3) is 0 Å². The Morgan fingerprint density at radius 3 is 2.20 bits per heavy atom. The standard InChI is InChI=1S/C18H16F3NO3/c1-11(23)13-7-9-14(10-8-13)25-12(2)17(24)22-16-6-4-3-5-15(16)18(19,20)21/h3-10,12H,1-2H3,(H,22,24)/t12-/m0/s1. The molecule has 0 aromatic heterocycles. The van der Waals surface area contributed by atoms with Crippen molar-refractivity contribution in [2.75, 3.05) is 5.32 Å². The van der Waals surface area contributed by atoms with Crippen molar-refractivity contribution < 1.29 is 27.5 Å². The van der Waals surface area contributed by atoms with Gasteiger partial charge in [-0.15, -0.1) is 0 Å². The summed E-state index contributed by atoms with van der Waals surface area (Å²) < 4.78 is 44.2. The molecule has 0 unspecified atom stereocenters. The zero-order chi connectivity index (χ0) is 18.6. The van der Waals surface area contributed by atoms with E-state index in [1.807, 2.05) is 0 Å². The Kier molecular flexibility index (Phi) is 5.46. The first-order valence-electron chi connectivity index (χ1n) is 7.43. The average Bonchev–Trinajstić information content (AvgIpc) is 2.54. The first kappa shape index (κ1) is 18.5. The first-order chi connectivity index (χ1) is 11.7.